The van der Waals surface area contributed by atoms with Gasteiger partial charge in [0.1, 0.15) is 5.58 Å². The van der Waals surface area contributed by atoms with Crippen LogP contribution in [0, 0.1) is 6.92 Å². The summed E-state index contributed by atoms with van der Waals surface area (Å²) in [5, 5.41) is 7.07. The number of nitrogens with zero attached hydrogens (tertiary/aromatic N) is 2. The minimum atomic E-state index is -3.95. The van der Waals surface area contributed by atoms with Gasteiger partial charge >= 0.3 is 11.6 Å². The van der Waals surface area contributed by atoms with E-state index in [4.69, 9.17) is 26.1 Å². The number of hydrogen-bond donors (Lipinski definition) is 3. The maximum atomic E-state index is 12.8. The topological polar surface area (TPSA) is 145 Å². The number of thiocarbonyl (C=S) groups is 1. The van der Waals surface area contributed by atoms with Gasteiger partial charge in [0.15, 0.2) is 10.9 Å². The van der Waals surface area contributed by atoms with Gasteiger partial charge < -0.3 is 24.5 Å². The molecule has 0 radical (unpaired) electrons. The molecule has 2 aromatic carbocycles. The second kappa shape index (κ2) is 10.2. The van der Waals surface area contributed by atoms with E-state index in [1.807, 2.05) is 19.1 Å². The van der Waals surface area contributed by atoms with E-state index in [0.717, 1.165) is 10.9 Å². The Morgan fingerprint density at radius 2 is 1.64 bits per heavy atom. The van der Waals surface area contributed by atoms with Gasteiger partial charge in [-0.1, -0.05) is 0 Å². The molecule has 0 unspecified atom stereocenters. The van der Waals surface area contributed by atoms with Crippen molar-refractivity contribution >= 4 is 55.5 Å². The zero-order valence-corrected chi connectivity index (χ0v) is 21.0. The average Bonchev–Trinajstić information content (AvgIpc) is 2.83. The molecule has 0 saturated carbocycles. The maximum absolute atomic E-state index is 12.8. The van der Waals surface area contributed by atoms with E-state index in [-0.39, 0.29) is 27.7 Å². The highest BCUT2D eigenvalue weighted by Crippen LogP contribution is 2.23. The smallest absolute Gasteiger partial charge is 0.336 e. The molecule has 11 nitrogen and oxygen atoms in total. The van der Waals surface area contributed by atoms with Gasteiger partial charge in [0.2, 0.25) is 5.88 Å². The lowest BCUT2D eigenvalue weighted by molar-refractivity contribution is 0.353. The number of methoxy groups -OCH3 is 2. The van der Waals surface area contributed by atoms with Crippen LogP contribution in [0.2, 0.25) is 0 Å². The molecule has 0 amide bonds. The summed E-state index contributed by atoms with van der Waals surface area (Å²) in [6.45, 7) is 1.83. The van der Waals surface area contributed by atoms with Crippen molar-refractivity contribution in [1.82, 2.24) is 9.97 Å². The van der Waals surface area contributed by atoms with E-state index in [2.05, 4.69) is 25.3 Å². The average molecular weight is 528 g/mol. The molecule has 0 aliphatic heterocycles. The number of sulfonamides is 1. The van der Waals surface area contributed by atoms with Gasteiger partial charge in [0.25, 0.3) is 10.0 Å². The van der Waals surface area contributed by atoms with Crippen LogP contribution in [0.3, 0.4) is 0 Å². The molecule has 0 fully saturated rings. The van der Waals surface area contributed by atoms with Crippen molar-refractivity contribution in [2.75, 3.05) is 29.6 Å². The summed E-state index contributed by atoms with van der Waals surface area (Å²) >= 11 is 5.35. The van der Waals surface area contributed by atoms with Gasteiger partial charge in [-0.25, -0.2) is 13.2 Å². The highest BCUT2D eigenvalue weighted by Gasteiger charge is 2.17. The van der Waals surface area contributed by atoms with Crippen LogP contribution in [0.1, 0.15) is 5.56 Å². The molecular formula is C23H21N5O6S2. The first-order chi connectivity index (χ1) is 17.2. The van der Waals surface area contributed by atoms with Gasteiger partial charge in [0, 0.05) is 35.0 Å². The molecule has 13 heteroatoms. The number of rotatable bonds is 7. The summed E-state index contributed by atoms with van der Waals surface area (Å²) in [6.07, 6.45) is 0. The third-order valence-corrected chi connectivity index (χ3v) is 6.52. The highest BCUT2D eigenvalue weighted by atomic mass is 32.2. The normalized spacial score (nSPS) is 11.1. The number of fused-ring (bicyclic) bond motifs is 1. The van der Waals surface area contributed by atoms with E-state index in [1.54, 1.807) is 18.2 Å². The number of hydrogen-bond acceptors (Lipinski definition) is 9. The molecule has 4 rings (SSSR count). The number of aryl methyl sites for hydroxylation is 1. The minimum absolute atomic E-state index is 0.00315. The molecule has 4 aromatic rings. The van der Waals surface area contributed by atoms with Crippen LogP contribution >= 0.6 is 12.2 Å². The Morgan fingerprint density at radius 1 is 0.944 bits per heavy atom. The summed E-state index contributed by atoms with van der Waals surface area (Å²) in [4.78, 5) is 19.5. The van der Waals surface area contributed by atoms with Crippen molar-refractivity contribution in [1.29, 1.82) is 0 Å². The first-order valence-electron chi connectivity index (χ1n) is 10.4. The first kappa shape index (κ1) is 24.9. The monoisotopic (exact) mass is 527 g/mol. The molecular weight excluding hydrogens is 506 g/mol. The van der Waals surface area contributed by atoms with Crippen LogP contribution < -0.4 is 30.5 Å². The summed E-state index contributed by atoms with van der Waals surface area (Å²) in [7, 11) is -1.20. The lowest BCUT2D eigenvalue weighted by atomic mass is 10.1. The van der Waals surface area contributed by atoms with Gasteiger partial charge in [-0.05, 0) is 61.1 Å². The molecule has 0 saturated heterocycles. The number of benzene rings is 2. The van der Waals surface area contributed by atoms with Crippen molar-refractivity contribution in [3.05, 3.63) is 70.6 Å². The second-order valence-corrected chi connectivity index (χ2v) is 9.54. The van der Waals surface area contributed by atoms with Crippen LogP contribution in [0.4, 0.5) is 17.2 Å². The molecule has 36 heavy (non-hydrogen) atoms. The molecule has 0 atom stereocenters. The fraction of sp³-hybridized carbons (Fsp3) is 0.130. The zero-order chi connectivity index (χ0) is 25.9. The van der Waals surface area contributed by atoms with Crippen molar-refractivity contribution in [3.63, 3.8) is 0 Å². The van der Waals surface area contributed by atoms with Gasteiger partial charge in [-0.3, -0.25) is 4.72 Å². The van der Waals surface area contributed by atoms with Crippen LogP contribution in [-0.4, -0.2) is 37.7 Å². The molecule has 0 aliphatic carbocycles. The third kappa shape index (κ3) is 5.70. The van der Waals surface area contributed by atoms with Crippen molar-refractivity contribution < 1.29 is 22.3 Å². The van der Waals surface area contributed by atoms with E-state index in [0.29, 0.717) is 17.0 Å². The van der Waals surface area contributed by atoms with E-state index >= 15 is 0 Å². The third-order valence-electron chi connectivity index (χ3n) is 4.94. The number of anilines is 3. The summed E-state index contributed by atoms with van der Waals surface area (Å²) < 4.78 is 43.2. The predicted octanol–water partition coefficient (Wildman–Crippen LogP) is 3.52. The van der Waals surface area contributed by atoms with E-state index in [1.165, 1.54) is 38.5 Å². The fourth-order valence-corrected chi connectivity index (χ4v) is 4.49. The Bertz CT molecular complexity index is 1580. The first-order valence-corrected chi connectivity index (χ1v) is 12.3. The van der Waals surface area contributed by atoms with Gasteiger partial charge in [-0.2, -0.15) is 9.97 Å². The molecule has 3 N–H and O–H groups in total. The highest BCUT2D eigenvalue weighted by molar-refractivity contribution is 7.92. The summed E-state index contributed by atoms with van der Waals surface area (Å²) in [5.74, 6) is 0.136. The molecule has 0 spiro atoms. The fourth-order valence-electron chi connectivity index (χ4n) is 3.26. The Labute approximate surface area is 211 Å². The quantitative estimate of drug-likeness (QED) is 0.240. The zero-order valence-electron chi connectivity index (χ0n) is 19.4. The van der Waals surface area contributed by atoms with Crippen LogP contribution in [0.25, 0.3) is 11.0 Å². The Kier molecular flexibility index (Phi) is 7.03. The predicted molar refractivity (Wildman–Crippen MR) is 139 cm³/mol. The van der Waals surface area contributed by atoms with Gasteiger partial charge in [-0.15, -0.1) is 0 Å². The molecule has 2 heterocycles. The van der Waals surface area contributed by atoms with E-state index in [9.17, 15) is 13.2 Å². The Morgan fingerprint density at radius 3 is 2.33 bits per heavy atom. The largest absolute Gasteiger partial charge is 0.481 e. The van der Waals surface area contributed by atoms with Crippen molar-refractivity contribution in [2.45, 2.75) is 11.8 Å². The molecule has 0 bridgehead atoms. The van der Waals surface area contributed by atoms with E-state index < -0.39 is 15.6 Å². The Balaban J connectivity index is 1.44. The standard InChI is InChI=1S/C23H21N5O6S2/c1-13-10-21(29)34-18-11-15(6-9-17(13)18)25-23(35)24-14-4-7-16(8-5-14)36(30,31)28-19-12-20(32-2)27-22(26-19)33-3/h4-12H,1-3H3,(H2,24,25,35)(H,26,27,28). The van der Waals surface area contributed by atoms with Crippen LogP contribution in [0.15, 0.2) is 68.7 Å². The SMILES string of the molecule is COc1cc(NS(=O)(=O)c2ccc(NC(=S)Nc3ccc4c(C)cc(=O)oc4c3)cc2)nc(OC)n1. The number of ether oxygens (including phenoxy) is 2. The Hall–Kier alpha value is -4.23. The van der Waals surface area contributed by atoms with Crippen LogP contribution in [0.5, 0.6) is 11.9 Å². The maximum Gasteiger partial charge on any atom is 0.336 e. The van der Waals surface area contributed by atoms with Gasteiger partial charge in [0.05, 0.1) is 19.1 Å². The van der Waals surface area contributed by atoms with Crippen molar-refractivity contribution in [2.24, 2.45) is 0 Å². The molecule has 0 aliphatic rings. The van der Waals surface area contributed by atoms with Crippen LogP contribution in [-0.2, 0) is 10.0 Å². The van der Waals surface area contributed by atoms with Crippen molar-refractivity contribution in [3.8, 4) is 11.9 Å². The lowest BCUT2D eigenvalue weighted by Gasteiger charge is -2.12. The minimum Gasteiger partial charge on any atom is -0.481 e. The second-order valence-electron chi connectivity index (χ2n) is 7.45. The number of nitrogens with one attached hydrogen (secondary N) is 3. The summed E-state index contributed by atoms with van der Waals surface area (Å²) in [5.41, 5.74) is 2.00. The molecule has 186 valence electrons. The molecule has 2 aromatic heterocycles. The summed E-state index contributed by atoms with van der Waals surface area (Å²) in [6, 6.07) is 14.0. The number of aromatic nitrogens is 2. The lowest BCUT2D eigenvalue weighted by Crippen LogP contribution is -2.19.